The standard InChI is InChI=1S/C32H65NO3/c1-5-9-12-15-16-20-25-30(24-19-13-10-6-2)32(35)36-28-23-18-17-22-27-33(31(8-4)29-34)26-21-14-11-7-3/h30-31,34H,5-29H2,1-4H3. The largest absolute Gasteiger partial charge is 0.465 e. The lowest BCUT2D eigenvalue weighted by Gasteiger charge is -2.30. The van der Waals surface area contributed by atoms with Crippen molar-refractivity contribution in [1.82, 2.24) is 4.90 Å². The van der Waals surface area contributed by atoms with E-state index in [0.29, 0.717) is 12.6 Å². The summed E-state index contributed by atoms with van der Waals surface area (Å²) < 4.78 is 5.75. The summed E-state index contributed by atoms with van der Waals surface area (Å²) in [6.45, 7) is 11.9. The van der Waals surface area contributed by atoms with Gasteiger partial charge in [0.15, 0.2) is 0 Å². The van der Waals surface area contributed by atoms with Crippen molar-refractivity contribution in [3.05, 3.63) is 0 Å². The Balaban J connectivity index is 4.20. The van der Waals surface area contributed by atoms with E-state index in [1.54, 1.807) is 0 Å². The molecule has 0 aliphatic heterocycles. The molecule has 0 amide bonds. The Kier molecular flexibility index (Phi) is 27.0. The highest BCUT2D eigenvalue weighted by Gasteiger charge is 2.19. The molecule has 0 heterocycles. The van der Waals surface area contributed by atoms with Gasteiger partial charge in [0.25, 0.3) is 0 Å². The van der Waals surface area contributed by atoms with Gasteiger partial charge >= 0.3 is 5.97 Å². The van der Waals surface area contributed by atoms with Crippen molar-refractivity contribution < 1.29 is 14.6 Å². The summed E-state index contributed by atoms with van der Waals surface area (Å²) in [4.78, 5) is 15.3. The number of carbonyl (C=O) groups excluding carboxylic acids is 1. The van der Waals surface area contributed by atoms with E-state index in [1.165, 1.54) is 89.9 Å². The molecule has 0 aliphatic carbocycles. The first kappa shape index (κ1) is 35.4. The molecular weight excluding hydrogens is 446 g/mol. The molecule has 0 aromatic heterocycles. The van der Waals surface area contributed by atoms with Crippen LogP contribution in [-0.2, 0) is 9.53 Å². The van der Waals surface area contributed by atoms with Crippen LogP contribution in [0.3, 0.4) is 0 Å². The van der Waals surface area contributed by atoms with Gasteiger partial charge in [0.2, 0.25) is 0 Å². The molecule has 0 bridgehead atoms. The molecule has 0 saturated carbocycles. The predicted molar refractivity (Wildman–Crippen MR) is 157 cm³/mol. The van der Waals surface area contributed by atoms with Crippen LogP contribution in [0.25, 0.3) is 0 Å². The zero-order chi connectivity index (χ0) is 26.7. The van der Waals surface area contributed by atoms with Gasteiger partial charge in [-0.25, -0.2) is 0 Å². The number of carbonyl (C=O) groups is 1. The van der Waals surface area contributed by atoms with Crippen molar-refractivity contribution in [2.24, 2.45) is 5.92 Å². The fraction of sp³-hybridized carbons (Fsp3) is 0.969. The summed E-state index contributed by atoms with van der Waals surface area (Å²) >= 11 is 0. The van der Waals surface area contributed by atoms with Gasteiger partial charge in [-0.1, -0.05) is 124 Å². The Morgan fingerprint density at radius 1 is 0.639 bits per heavy atom. The molecule has 0 aliphatic rings. The van der Waals surface area contributed by atoms with Crippen LogP contribution in [-0.4, -0.2) is 48.3 Å². The third kappa shape index (κ3) is 20.4. The average Bonchev–Trinajstić information content (AvgIpc) is 2.89. The average molecular weight is 512 g/mol. The molecule has 2 atom stereocenters. The zero-order valence-corrected chi connectivity index (χ0v) is 25.0. The van der Waals surface area contributed by atoms with E-state index >= 15 is 0 Å². The van der Waals surface area contributed by atoms with Crippen molar-refractivity contribution >= 4 is 5.97 Å². The van der Waals surface area contributed by atoms with Crippen molar-refractivity contribution in [2.75, 3.05) is 26.3 Å². The number of esters is 1. The second-order valence-corrected chi connectivity index (χ2v) is 11.0. The molecule has 0 aromatic carbocycles. The molecule has 2 unspecified atom stereocenters. The maximum absolute atomic E-state index is 12.8. The predicted octanol–water partition coefficient (Wildman–Crippen LogP) is 9.08. The first-order chi connectivity index (χ1) is 17.6. The number of hydrogen-bond acceptors (Lipinski definition) is 4. The van der Waals surface area contributed by atoms with E-state index in [0.717, 1.165) is 58.0 Å². The van der Waals surface area contributed by atoms with Gasteiger partial charge in [0.05, 0.1) is 19.1 Å². The highest BCUT2D eigenvalue weighted by atomic mass is 16.5. The maximum atomic E-state index is 12.8. The molecule has 0 spiro atoms. The van der Waals surface area contributed by atoms with Gasteiger partial charge in [-0.2, -0.15) is 0 Å². The van der Waals surface area contributed by atoms with Crippen molar-refractivity contribution in [3.63, 3.8) is 0 Å². The molecule has 0 fully saturated rings. The van der Waals surface area contributed by atoms with Crippen molar-refractivity contribution in [1.29, 1.82) is 0 Å². The third-order valence-corrected chi connectivity index (χ3v) is 7.73. The minimum atomic E-state index is 0.0621. The van der Waals surface area contributed by atoms with Crippen LogP contribution in [0.5, 0.6) is 0 Å². The first-order valence-electron chi connectivity index (χ1n) is 16.2. The van der Waals surface area contributed by atoms with Crippen LogP contribution in [0, 0.1) is 5.92 Å². The summed E-state index contributed by atoms with van der Waals surface area (Å²) in [5.74, 6) is 0.172. The summed E-state index contributed by atoms with van der Waals surface area (Å²) in [5, 5.41) is 9.76. The quantitative estimate of drug-likeness (QED) is 0.0840. The van der Waals surface area contributed by atoms with E-state index in [4.69, 9.17) is 4.74 Å². The summed E-state index contributed by atoms with van der Waals surface area (Å²) in [6.07, 6.45) is 25.1. The second kappa shape index (κ2) is 27.4. The molecule has 0 rings (SSSR count). The molecule has 216 valence electrons. The van der Waals surface area contributed by atoms with E-state index in [2.05, 4.69) is 32.6 Å². The molecular formula is C32H65NO3. The van der Waals surface area contributed by atoms with Crippen LogP contribution < -0.4 is 0 Å². The molecule has 36 heavy (non-hydrogen) atoms. The number of nitrogens with zero attached hydrogens (tertiary/aromatic N) is 1. The van der Waals surface area contributed by atoms with Crippen LogP contribution in [0.1, 0.15) is 163 Å². The molecule has 1 N–H and O–H groups in total. The molecule has 0 aromatic rings. The van der Waals surface area contributed by atoms with Gasteiger partial charge in [-0.15, -0.1) is 0 Å². The highest BCUT2D eigenvalue weighted by molar-refractivity contribution is 5.72. The number of hydrogen-bond donors (Lipinski definition) is 1. The van der Waals surface area contributed by atoms with E-state index in [9.17, 15) is 9.90 Å². The van der Waals surface area contributed by atoms with E-state index in [1.807, 2.05) is 0 Å². The maximum Gasteiger partial charge on any atom is 0.308 e. The lowest BCUT2D eigenvalue weighted by atomic mass is 9.94. The second-order valence-electron chi connectivity index (χ2n) is 11.0. The Morgan fingerprint density at radius 3 is 1.61 bits per heavy atom. The van der Waals surface area contributed by atoms with Crippen LogP contribution in [0.4, 0.5) is 0 Å². The van der Waals surface area contributed by atoms with Crippen LogP contribution in [0.2, 0.25) is 0 Å². The van der Waals surface area contributed by atoms with Crippen LogP contribution >= 0.6 is 0 Å². The van der Waals surface area contributed by atoms with Gasteiger partial charge in [-0.3, -0.25) is 9.69 Å². The fourth-order valence-electron chi connectivity index (χ4n) is 5.15. The molecule has 4 heteroatoms. The molecule has 0 radical (unpaired) electrons. The third-order valence-electron chi connectivity index (χ3n) is 7.73. The monoisotopic (exact) mass is 511 g/mol. The minimum absolute atomic E-state index is 0.0621. The summed E-state index contributed by atoms with van der Waals surface area (Å²) in [6, 6.07) is 0.300. The Labute approximate surface area is 226 Å². The lowest BCUT2D eigenvalue weighted by Crippen LogP contribution is -2.39. The Morgan fingerprint density at radius 2 is 1.08 bits per heavy atom. The van der Waals surface area contributed by atoms with Crippen molar-refractivity contribution in [3.8, 4) is 0 Å². The summed E-state index contributed by atoms with van der Waals surface area (Å²) in [7, 11) is 0. The lowest BCUT2D eigenvalue weighted by molar-refractivity contribution is -0.149. The fourth-order valence-corrected chi connectivity index (χ4v) is 5.15. The van der Waals surface area contributed by atoms with Gasteiger partial charge < -0.3 is 9.84 Å². The van der Waals surface area contributed by atoms with Gasteiger partial charge in [0, 0.05) is 6.04 Å². The van der Waals surface area contributed by atoms with Gasteiger partial charge in [-0.05, 0) is 51.6 Å². The van der Waals surface area contributed by atoms with Crippen LogP contribution in [0.15, 0.2) is 0 Å². The molecule has 4 nitrogen and oxygen atoms in total. The minimum Gasteiger partial charge on any atom is -0.465 e. The Bertz CT molecular complexity index is 453. The molecule has 0 saturated heterocycles. The van der Waals surface area contributed by atoms with Gasteiger partial charge in [0.1, 0.15) is 0 Å². The number of ether oxygens (including phenoxy) is 1. The number of rotatable bonds is 28. The van der Waals surface area contributed by atoms with E-state index < -0.39 is 0 Å². The Hall–Kier alpha value is -0.610. The number of unbranched alkanes of at least 4 members (excludes halogenated alkanes) is 14. The van der Waals surface area contributed by atoms with E-state index in [-0.39, 0.29) is 18.5 Å². The smallest absolute Gasteiger partial charge is 0.308 e. The highest BCUT2D eigenvalue weighted by Crippen LogP contribution is 2.21. The number of aliphatic hydroxyl groups is 1. The normalized spacial score (nSPS) is 13.3. The van der Waals surface area contributed by atoms with Crippen molar-refractivity contribution in [2.45, 2.75) is 169 Å². The topological polar surface area (TPSA) is 49.8 Å². The number of aliphatic hydroxyl groups excluding tert-OH is 1. The summed E-state index contributed by atoms with van der Waals surface area (Å²) in [5.41, 5.74) is 0. The SMILES string of the molecule is CCCCCCCCC(CCCCCC)C(=O)OCCCCCCN(CCCCCC)C(CC)CO. The zero-order valence-electron chi connectivity index (χ0n) is 25.0. The first-order valence-corrected chi connectivity index (χ1v) is 16.2.